The summed E-state index contributed by atoms with van der Waals surface area (Å²) in [5.74, 6) is 0.939. The summed E-state index contributed by atoms with van der Waals surface area (Å²) in [5, 5.41) is 2.38. The fourth-order valence-corrected chi connectivity index (χ4v) is 2.27. The Bertz CT molecular complexity index is 493. The predicted octanol–water partition coefficient (Wildman–Crippen LogP) is 3.52. The van der Waals surface area contributed by atoms with Crippen LogP contribution in [-0.4, -0.2) is 6.54 Å². The van der Waals surface area contributed by atoms with E-state index in [4.69, 9.17) is 4.74 Å². The number of rotatable bonds is 9. The summed E-state index contributed by atoms with van der Waals surface area (Å²) >= 11 is 0. The van der Waals surface area contributed by atoms with E-state index in [1.807, 2.05) is 18.2 Å². The molecule has 0 fully saturated rings. The summed E-state index contributed by atoms with van der Waals surface area (Å²) in [6.45, 7) is 5.15. The first-order valence-corrected chi connectivity index (χ1v) is 7.96. The van der Waals surface area contributed by atoms with E-state index >= 15 is 0 Å². The molecule has 2 rings (SSSR count). The van der Waals surface area contributed by atoms with Crippen molar-refractivity contribution in [1.29, 1.82) is 0 Å². The van der Waals surface area contributed by atoms with Gasteiger partial charge in [-0.2, -0.15) is 0 Å². The minimum Gasteiger partial charge on any atom is -0.489 e. The molecular weight excluding hydrogens is 258 g/mol. The van der Waals surface area contributed by atoms with Gasteiger partial charge in [0.15, 0.2) is 0 Å². The average molecular weight is 284 g/mol. The minimum absolute atomic E-state index is 0.628. The van der Waals surface area contributed by atoms with E-state index in [0.717, 1.165) is 12.3 Å². The van der Waals surface area contributed by atoms with Gasteiger partial charge in [0, 0.05) is 5.56 Å². The Morgan fingerprint density at radius 2 is 1.62 bits per heavy atom. The summed E-state index contributed by atoms with van der Waals surface area (Å²) in [6.07, 6.45) is 3.94. The van der Waals surface area contributed by atoms with E-state index in [2.05, 4.69) is 48.6 Å². The van der Waals surface area contributed by atoms with Crippen molar-refractivity contribution in [3.05, 3.63) is 65.7 Å². The zero-order valence-electron chi connectivity index (χ0n) is 12.9. The van der Waals surface area contributed by atoms with Gasteiger partial charge < -0.3 is 10.1 Å². The molecule has 0 radical (unpaired) electrons. The smallest absolute Gasteiger partial charge is 0.119 e. The first kappa shape index (κ1) is 15.6. The molecule has 2 heteroatoms. The lowest BCUT2D eigenvalue weighted by Gasteiger charge is -2.07. The van der Waals surface area contributed by atoms with Gasteiger partial charge >= 0.3 is 0 Å². The number of nitrogens with two attached hydrogens (primary N) is 1. The summed E-state index contributed by atoms with van der Waals surface area (Å²) in [4.78, 5) is 0. The van der Waals surface area contributed by atoms with Crippen LogP contribution in [-0.2, 0) is 13.2 Å². The molecule has 0 heterocycles. The Balaban J connectivity index is 1.71. The van der Waals surface area contributed by atoms with Gasteiger partial charge in [-0.05, 0) is 42.7 Å². The number of hydrogen-bond acceptors (Lipinski definition) is 1. The highest BCUT2D eigenvalue weighted by atomic mass is 16.5. The van der Waals surface area contributed by atoms with Crippen LogP contribution in [0.2, 0.25) is 0 Å². The molecule has 0 spiro atoms. The van der Waals surface area contributed by atoms with Crippen LogP contribution in [0.1, 0.15) is 37.3 Å². The molecule has 0 saturated heterocycles. The monoisotopic (exact) mass is 284 g/mol. The van der Waals surface area contributed by atoms with Crippen LogP contribution in [0.25, 0.3) is 0 Å². The summed E-state index contributed by atoms with van der Waals surface area (Å²) < 4.78 is 5.79. The number of ether oxygens (including phenoxy) is 1. The van der Waals surface area contributed by atoms with Crippen molar-refractivity contribution in [2.24, 2.45) is 0 Å². The van der Waals surface area contributed by atoms with Crippen molar-refractivity contribution in [3.8, 4) is 5.75 Å². The maximum Gasteiger partial charge on any atom is 0.119 e. The second-order valence-electron chi connectivity index (χ2n) is 5.41. The molecule has 0 aliphatic rings. The van der Waals surface area contributed by atoms with Crippen molar-refractivity contribution in [3.63, 3.8) is 0 Å². The van der Waals surface area contributed by atoms with Crippen molar-refractivity contribution in [2.45, 2.75) is 39.3 Å². The van der Waals surface area contributed by atoms with Crippen LogP contribution in [0.4, 0.5) is 0 Å². The van der Waals surface area contributed by atoms with Crippen molar-refractivity contribution in [2.75, 3.05) is 6.54 Å². The Kier molecular flexibility index (Phi) is 6.82. The molecule has 0 amide bonds. The fourth-order valence-electron chi connectivity index (χ4n) is 2.27. The van der Waals surface area contributed by atoms with Crippen LogP contribution in [0.3, 0.4) is 0 Å². The first-order chi connectivity index (χ1) is 10.4. The van der Waals surface area contributed by atoms with E-state index < -0.39 is 0 Å². The summed E-state index contributed by atoms with van der Waals surface area (Å²) in [7, 11) is 0. The lowest BCUT2D eigenvalue weighted by molar-refractivity contribution is -0.671. The van der Waals surface area contributed by atoms with Crippen molar-refractivity contribution >= 4 is 0 Å². The Labute approximate surface area is 128 Å². The molecule has 0 atom stereocenters. The number of benzene rings is 2. The Hall–Kier alpha value is -1.80. The standard InChI is InChI=1S/C19H25NO/c1-2-3-7-14-20-15-17-10-12-19(13-11-17)21-16-18-8-5-4-6-9-18/h4-6,8-13,20H,2-3,7,14-16H2,1H3/p+1. The molecule has 2 aromatic carbocycles. The van der Waals surface area contributed by atoms with Gasteiger partial charge in [-0.1, -0.05) is 43.7 Å². The zero-order valence-corrected chi connectivity index (χ0v) is 12.9. The Morgan fingerprint density at radius 3 is 2.33 bits per heavy atom. The third-order valence-corrected chi connectivity index (χ3v) is 3.56. The highest BCUT2D eigenvalue weighted by Gasteiger charge is 1.98. The fraction of sp³-hybridized carbons (Fsp3) is 0.368. The van der Waals surface area contributed by atoms with Gasteiger partial charge in [-0.25, -0.2) is 0 Å². The van der Waals surface area contributed by atoms with Crippen LogP contribution >= 0.6 is 0 Å². The van der Waals surface area contributed by atoms with Crippen LogP contribution in [0.5, 0.6) is 5.75 Å². The van der Waals surface area contributed by atoms with E-state index in [1.165, 1.54) is 36.9 Å². The first-order valence-electron chi connectivity index (χ1n) is 7.96. The SMILES string of the molecule is CCCCC[NH2+]Cc1ccc(OCc2ccccc2)cc1. The van der Waals surface area contributed by atoms with Gasteiger partial charge in [-0.15, -0.1) is 0 Å². The molecule has 0 bridgehead atoms. The van der Waals surface area contributed by atoms with Crippen LogP contribution < -0.4 is 10.1 Å². The predicted molar refractivity (Wildman–Crippen MR) is 87.2 cm³/mol. The molecule has 112 valence electrons. The molecule has 0 aromatic heterocycles. The minimum atomic E-state index is 0.628. The Morgan fingerprint density at radius 1 is 0.857 bits per heavy atom. The maximum atomic E-state index is 5.79. The second kappa shape index (κ2) is 9.19. The lowest BCUT2D eigenvalue weighted by atomic mass is 10.2. The molecule has 0 aliphatic heterocycles. The van der Waals surface area contributed by atoms with Crippen molar-refractivity contribution in [1.82, 2.24) is 0 Å². The highest BCUT2D eigenvalue weighted by molar-refractivity contribution is 5.27. The number of unbranched alkanes of at least 4 members (excludes halogenated alkanes) is 2. The van der Waals surface area contributed by atoms with Gasteiger partial charge in [0.05, 0.1) is 6.54 Å². The third kappa shape index (κ3) is 6.01. The summed E-state index contributed by atoms with van der Waals surface area (Å²) in [5.41, 5.74) is 2.56. The van der Waals surface area contributed by atoms with E-state index in [1.54, 1.807) is 0 Å². The van der Waals surface area contributed by atoms with Gasteiger partial charge in [-0.3, -0.25) is 0 Å². The van der Waals surface area contributed by atoms with Gasteiger partial charge in [0.1, 0.15) is 18.9 Å². The normalized spacial score (nSPS) is 10.5. The van der Waals surface area contributed by atoms with E-state index in [-0.39, 0.29) is 0 Å². The summed E-state index contributed by atoms with van der Waals surface area (Å²) in [6, 6.07) is 18.7. The molecular formula is C19H26NO+. The quantitative estimate of drug-likeness (QED) is 0.701. The largest absolute Gasteiger partial charge is 0.489 e. The molecule has 2 N–H and O–H groups in total. The topological polar surface area (TPSA) is 25.8 Å². The van der Waals surface area contributed by atoms with Crippen LogP contribution in [0, 0.1) is 0 Å². The van der Waals surface area contributed by atoms with E-state index in [9.17, 15) is 0 Å². The average Bonchev–Trinajstić information content (AvgIpc) is 2.55. The number of hydrogen-bond donors (Lipinski definition) is 1. The zero-order chi connectivity index (χ0) is 14.8. The second-order valence-corrected chi connectivity index (χ2v) is 5.41. The third-order valence-electron chi connectivity index (χ3n) is 3.56. The number of quaternary nitrogens is 1. The molecule has 2 nitrogen and oxygen atoms in total. The lowest BCUT2D eigenvalue weighted by Crippen LogP contribution is -2.82. The van der Waals surface area contributed by atoms with Gasteiger partial charge in [0.2, 0.25) is 0 Å². The van der Waals surface area contributed by atoms with Crippen molar-refractivity contribution < 1.29 is 10.1 Å². The maximum absolute atomic E-state index is 5.79. The molecule has 0 saturated carbocycles. The van der Waals surface area contributed by atoms with E-state index in [0.29, 0.717) is 6.61 Å². The molecule has 0 aliphatic carbocycles. The molecule has 0 unspecified atom stereocenters. The van der Waals surface area contributed by atoms with Crippen LogP contribution in [0.15, 0.2) is 54.6 Å². The highest BCUT2D eigenvalue weighted by Crippen LogP contribution is 2.13. The van der Waals surface area contributed by atoms with Gasteiger partial charge in [0.25, 0.3) is 0 Å². The molecule has 2 aromatic rings. The molecule has 21 heavy (non-hydrogen) atoms.